The van der Waals surface area contributed by atoms with Crippen molar-refractivity contribution in [3.05, 3.63) is 24.3 Å². The Morgan fingerprint density at radius 1 is 0.674 bits per heavy atom. The highest BCUT2D eigenvalue weighted by Gasteiger charge is 2.21. The molecule has 0 rings (SSSR count). The maximum absolute atomic E-state index is 12.5. The second kappa shape index (κ2) is 29.6. The van der Waals surface area contributed by atoms with Gasteiger partial charge in [-0.3, -0.25) is 14.2 Å². The van der Waals surface area contributed by atoms with Crippen LogP contribution in [0.1, 0.15) is 142 Å². The number of esters is 2. The lowest BCUT2D eigenvalue weighted by Crippen LogP contribution is -2.37. The Morgan fingerprint density at radius 3 is 1.78 bits per heavy atom. The molecule has 0 N–H and O–H groups in total. The SMILES string of the molecule is CCCC/C=C\C/C=C\CCCCCCCC(=O)OC(COC(=O)CCCCCCCCCC)COP(=O)([O-])OCC[N+](C)(C)C. The van der Waals surface area contributed by atoms with Gasteiger partial charge in [0.25, 0.3) is 7.82 Å². The van der Waals surface area contributed by atoms with E-state index in [4.69, 9.17) is 18.5 Å². The molecule has 10 heteroatoms. The number of allylic oxidation sites excluding steroid dienone is 4. The number of carbonyl (C=O) groups excluding carboxylic acids is 2. The molecular weight excluding hydrogens is 605 g/mol. The van der Waals surface area contributed by atoms with Gasteiger partial charge in [0.2, 0.25) is 0 Å². The fourth-order valence-corrected chi connectivity index (χ4v) is 5.28. The van der Waals surface area contributed by atoms with E-state index in [2.05, 4.69) is 38.2 Å². The van der Waals surface area contributed by atoms with Crippen molar-refractivity contribution in [2.24, 2.45) is 0 Å². The van der Waals surface area contributed by atoms with Crippen LogP contribution in [-0.2, 0) is 32.7 Å². The van der Waals surface area contributed by atoms with E-state index in [0.717, 1.165) is 64.2 Å². The van der Waals surface area contributed by atoms with Gasteiger partial charge in [-0.2, -0.15) is 0 Å². The lowest BCUT2D eigenvalue weighted by atomic mass is 10.1. The number of phosphoric ester groups is 1. The Kier molecular flexibility index (Phi) is 28.6. The Balaban J connectivity index is 4.48. The molecule has 0 saturated heterocycles. The van der Waals surface area contributed by atoms with E-state index in [1.165, 1.54) is 44.9 Å². The number of quaternary nitrogens is 1. The molecular formula is C36H68NO8P. The number of hydrogen-bond donors (Lipinski definition) is 0. The first kappa shape index (κ1) is 44.5. The van der Waals surface area contributed by atoms with Gasteiger partial charge in [-0.05, 0) is 38.5 Å². The molecule has 270 valence electrons. The van der Waals surface area contributed by atoms with Crippen LogP contribution < -0.4 is 4.89 Å². The fraction of sp³-hybridized carbons (Fsp3) is 0.833. The van der Waals surface area contributed by atoms with Gasteiger partial charge in [0.1, 0.15) is 19.8 Å². The van der Waals surface area contributed by atoms with Crippen LogP contribution >= 0.6 is 7.82 Å². The largest absolute Gasteiger partial charge is 0.756 e. The molecule has 0 aliphatic rings. The minimum Gasteiger partial charge on any atom is -0.756 e. The van der Waals surface area contributed by atoms with Gasteiger partial charge < -0.3 is 27.9 Å². The summed E-state index contributed by atoms with van der Waals surface area (Å²) in [5.74, 6) is -0.857. The second-order valence-electron chi connectivity index (χ2n) is 13.2. The number of rotatable bonds is 32. The molecule has 0 saturated carbocycles. The molecule has 0 aromatic rings. The predicted molar refractivity (Wildman–Crippen MR) is 185 cm³/mol. The molecule has 0 aliphatic carbocycles. The third-order valence-electron chi connectivity index (χ3n) is 7.47. The first-order chi connectivity index (χ1) is 22.0. The highest BCUT2D eigenvalue weighted by atomic mass is 31.2. The summed E-state index contributed by atoms with van der Waals surface area (Å²) in [6.45, 7) is 4.11. The predicted octanol–water partition coefficient (Wildman–Crippen LogP) is 8.60. The van der Waals surface area contributed by atoms with Crippen molar-refractivity contribution < 1.29 is 42.1 Å². The number of ether oxygens (including phenoxy) is 2. The zero-order chi connectivity index (χ0) is 34.4. The Hall–Kier alpha value is -1.51. The van der Waals surface area contributed by atoms with Crippen molar-refractivity contribution in [1.82, 2.24) is 0 Å². The van der Waals surface area contributed by atoms with Crippen molar-refractivity contribution >= 4 is 19.8 Å². The van der Waals surface area contributed by atoms with Crippen molar-refractivity contribution in [3.63, 3.8) is 0 Å². The number of phosphoric acid groups is 1. The van der Waals surface area contributed by atoms with Crippen molar-refractivity contribution in [2.75, 3.05) is 47.5 Å². The molecule has 0 heterocycles. The van der Waals surface area contributed by atoms with Gasteiger partial charge in [0, 0.05) is 12.8 Å². The van der Waals surface area contributed by atoms with E-state index in [0.29, 0.717) is 17.4 Å². The van der Waals surface area contributed by atoms with E-state index in [1.807, 2.05) is 21.1 Å². The third kappa shape index (κ3) is 32.4. The summed E-state index contributed by atoms with van der Waals surface area (Å²) in [5.41, 5.74) is 0. The van der Waals surface area contributed by atoms with Crippen molar-refractivity contribution in [3.8, 4) is 0 Å². The Morgan fingerprint density at radius 2 is 1.20 bits per heavy atom. The van der Waals surface area contributed by atoms with Gasteiger partial charge >= 0.3 is 11.9 Å². The van der Waals surface area contributed by atoms with E-state index < -0.39 is 32.5 Å². The lowest BCUT2D eigenvalue weighted by Gasteiger charge is -2.28. The van der Waals surface area contributed by atoms with Crippen LogP contribution in [0.25, 0.3) is 0 Å². The third-order valence-corrected chi connectivity index (χ3v) is 8.44. The maximum atomic E-state index is 12.5. The zero-order valence-electron chi connectivity index (χ0n) is 30.0. The van der Waals surface area contributed by atoms with Crippen molar-refractivity contribution in [1.29, 1.82) is 0 Å². The minimum atomic E-state index is -4.61. The second-order valence-corrected chi connectivity index (χ2v) is 14.6. The summed E-state index contributed by atoms with van der Waals surface area (Å²) in [6, 6.07) is 0. The molecule has 0 spiro atoms. The molecule has 0 radical (unpaired) electrons. The summed E-state index contributed by atoms with van der Waals surface area (Å²) < 4.78 is 33.6. The van der Waals surface area contributed by atoms with E-state index in [9.17, 15) is 19.0 Å². The zero-order valence-corrected chi connectivity index (χ0v) is 30.9. The number of carbonyl (C=O) groups is 2. The number of likely N-dealkylation sites (N-methyl/N-ethyl adjacent to an activating group) is 1. The quantitative estimate of drug-likeness (QED) is 0.0230. The summed E-state index contributed by atoms with van der Waals surface area (Å²) in [5, 5.41) is 0. The van der Waals surface area contributed by atoms with Crippen LogP contribution in [0.5, 0.6) is 0 Å². The molecule has 0 amide bonds. The average molecular weight is 674 g/mol. The van der Waals surface area contributed by atoms with Crippen LogP contribution in [0.15, 0.2) is 24.3 Å². The van der Waals surface area contributed by atoms with Gasteiger partial charge in [-0.15, -0.1) is 0 Å². The van der Waals surface area contributed by atoms with E-state index in [-0.39, 0.29) is 26.1 Å². The van der Waals surface area contributed by atoms with Crippen molar-refractivity contribution in [2.45, 2.75) is 148 Å². The standard InChI is InChI=1S/C36H68NO8P/c1-6-8-10-12-14-16-17-18-19-20-21-23-25-27-29-36(39)45-34(33-44-46(40,41)43-31-30-37(3,4)5)32-42-35(38)28-26-24-22-15-13-11-9-7-2/h12,14,17-18,34H,6-11,13,15-16,19-33H2,1-5H3/b14-12-,18-17-. The fourth-order valence-electron chi connectivity index (χ4n) is 4.55. The van der Waals surface area contributed by atoms with Crippen LogP contribution in [-0.4, -0.2) is 70.0 Å². The Bertz CT molecular complexity index is 855. The first-order valence-electron chi connectivity index (χ1n) is 18.0. The van der Waals surface area contributed by atoms with Gasteiger partial charge in [0.05, 0.1) is 27.7 Å². The lowest BCUT2D eigenvalue weighted by molar-refractivity contribution is -0.870. The summed E-state index contributed by atoms with van der Waals surface area (Å²) in [7, 11) is 1.15. The normalized spacial score (nSPS) is 14.1. The molecule has 0 aliphatic heterocycles. The molecule has 46 heavy (non-hydrogen) atoms. The smallest absolute Gasteiger partial charge is 0.306 e. The summed E-state index contributed by atoms with van der Waals surface area (Å²) in [4.78, 5) is 37.1. The van der Waals surface area contributed by atoms with Crippen LogP contribution in [0, 0.1) is 0 Å². The summed E-state index contributed by atoms with van der Waals surface area (Å²) >= 11 is 0. The van der Waals surface area contributed by atoms with Gasteiger partial charge in [-0.1, -0.05) is 115 Å². The maximum Gasteiger partial charge on any atom is 0.306 e. The highest BCUT2D eigenvalue weighted by Crippen LogP contribution is 2.38. The highest BCUT2D eigenvalue weighted by molar-refractivity contribution is 7.45. The topological polar surface area (TPSA) is 111 Å². The monoisotopic (exact) mass is 673 g/mol. The molecule has 0 aromatic heterocycles. The molecule has 0 fully saturated rings. The Labute approximate surface area is 281 Å². The number of nitrogens with zero attached hydrogens (tertiary/aromatic N) is 1. The minimum absolute atomic E-state index is 0.0327. The molecule has 0 bridgehead atoms. The van der Waals surface area contributed by atoms with Gasteiger partial charge in [-0.25, -0.2) is 0 Å². The molecule has 9 nitrogen and oxygen atoms in total. The van der Waals surface area contributed by atoms with Gasteiger partial charge in [0.15, 0.2) is 6.10 Å². The number of hydrogen-bond acceptors (Lipinski definition) is 8. The number of unbranched alkanes of at least 4 members (excludes halogenated alkanes) is 14. The van der Waals surface area contributed by atoms with Crippen LogP contribution in [0.4, 0.5) is 0 Å². The van der Waals surface area contributed by atoms with Crippen LogP contribution in [0.3, 0.4) is 0 Å². The first-order valence-corrected chi connectivity index (χ1v) is 19.5. The molecule has 2 unspecified atom stereocenters. The van der Waals surface area contributed by atoms with E-state index >= 15 is 0 Å². The molecule has 2 atom stereocenters. The van der Waals surface area contributed by atoms with E-state index in [1.54, 1.807) is 0 Å². The summed E-state index contributed by atoms with van der Waals surface area (Å²) in [6.07, 6.45) is 27.8. The average Bonchev–Trinajstić information content (AvgIpc) is 2.99. The molecule has 0 aromatic carbocycles. The van der Waals surface area contributed by atoms with Crippen LogP contribution in [0.2, 0.25) is 0 Å².